The molecule has 46 valence electrons. The maximum Gasteiger partial charge on any atom is 0.254 e. The molecule has 4 nitrogen and oxygen atoms in total. The van der Waals surface area contributed by atoms with Crippen molar-refractivity contribution in [3.8, 4) is 0 Å². The van der Waals surface area contributed by atoms with Crippen molar-refractivity contribution in [2.75, 3.05) is 13.2 Å². The van der Waals surface area contributed by atoms with Crippen LogP contribution in [0.2, 0.25) is 0 Å². The van der Waals surface area contributed by atoms with Crippen LogP contribution in [-0.4, -0.2) is 29.8 Å². The lowest BCUT2D eigenvalue weighted by Gasteiger charge is -2.32. The van der Waals surface area contributed by atoms with Gasteiger partial charge in [0, 0.05) is 0 Å². The van der Waals surface area contributed by atoms with E-state index in [9.17, 15) is 4.79 Å². The Morgan fingerprint density at radius 3 is 2.25 bits per heavy atom. The molecule has 1 aliphatic rings. The van der Waals surface area contributed by atoms with Crippen LogP contribution in [0.1, 0.15) is 0 Å². The van der Waals surface area contributed by atoms with Crippen molar-refractivity contribution in [2.45, 2.75) is 5.60 Å². The van der Waals surface area contributed by atoms with E-state index in [1.165, 1.54) is 0 Å². The van der Waals surface area contributed by atoms with E-state index in [2.05, 4.69) is 4.74 Å². The molecular weight excluding hydrogens is 110 g/mol. The predicted octanol–water partition coefficient (Wildman–Crippen LogP) is -1.77. The van der Waals surface area contributed by atoms with Crippen LogP contribution in [0.25, 0.3) is 0 Å². The van der Waals surface area contributed by atoms with E-state index >= 15 is 0 Å². The highest BCUT2D eigenvalue weighted by atomic mass is 16.5. The van der Waals surface area contributed by atoms with Crippen molar-refractivity contribution in [2.24, 2.45) is 5.73 Å². The van der Waals surface area contributed by atoms with Gasteiger partial charge in [0.1, 0.15) is 0 Å². The van der Waals surface area contributed by atoms with Crippen LogP contribution >= 0.6 is 0 Å². The molecule has 0 aliphatic carbocycles. The second-order valence-corrected chi connectivity index (χ2v) is 1.89. The summed E-state index contributed by atoms with van der Waals surface area (Å²) >= 11 is 0. The third-order valence-electron chi connectivity index (χ3n) is 1.14. The molecular formula is C4H7NO3. The molecule has 1 rings (SSSR count). The van der Waals surface area contributed by atoms with Crippen LogP contribution in [0.3, 0.4) is 0 Å². The van der Waals surface area contributed by atoms with E-state index in [0.29, 0.717) is 0 Å². The molecule has 3 N–H and O–H groups in total. The molecule has 0 aromatic rings. The number of aliphatic hydroxyl groups is 1. The highest BCUT2D eigenvalue weighted by Gasteiger charge is 2.42. The summed E-state index contributed by atoms with van der Waals surface area (Å²) in [6.07, 6.45) is 0. The van der Waals surface area contributed by atoms with Crippen LogP contribution < -0.4 is 5.73 Å². The summed E-state index contributed by atoms with van der Waals surface area (Å²) in [5.41, 5.74) is 3.40. The van der Waals surface area contributed by atoms with Gasteiger partial charge < -0.3 is 15.6 Å². The van der Waals surface area contributed by atoms with Gasteiger partial charge in [0.2, 0.25) is 0 Å². The zero-order chi connectivity index (χ0) is 6.20. The fourth-order valence-electron chi connectivity index (χ4n) is 0.438. The Kier molecular flexibility index (Phi) is 0.988. The predicted molar refractivity (Wildman–Crippen MR) is 25.0 cm³/mol. The minimum Gasteiger partial charge on any atom is -0.376 e. The molecule has 4 heteroatoms. The Bertz CT molecular complexity index is 118. The van der Waals surface area contributed by atoms with Crippen LogP contribution in [0.4, 0.5) is 0 Å². The number of primary amides is 1. The summed E-state index contributed by atoms with van der Waals surface area (Å²) in [7, 11) is 0. The fraction of sp³-hybridized carbons (Fsp3) is 0.750. The SMILES string of the molecule is NC(=O)C1(O)COC1. The number of carbonyl (C=O) groups is 1. The van der Waals surface area contributed by atoms with Crippen LogP contribution in [0, 0.1) is 0 Å². The average molecular weight is 117 g/mol. The highest BCUT2D eigenvalue weighted by molar-refractivity contribution is 5.84. The molecule has 1 amide bonds. The molecule has 1 fully saturated rings. The second-order valence-electron chi connectivity index (χ2n) is 1.89. The molecule has 0 aromatic heterocycles. The van der Waals surface area contributed by atoms with Gasteiger partial charge in [-0.25, -0.2) is 0 Å². The Morgan fingerprint density at radius 2 is 2.25 bits per heavy atom. The van der Waals surface area contributed by atoms with Gasteiger partial charge in [0.05, 0.1) is 13.2 Å². The number of hydrogen-bond donors (Lipinski definition) is 2. The zero-order valence-corrected chi connectivity index (χ0v) is 4.26. The molecule has 1 heterocycles. The van der Waals surface area contributed by atoms with Crippen LogP contribution in [-0.2, 0) is 9.53 Å². The molecule has 0 spiro atoms. The second kappa shape index (κ2) is 1.43. The van der Waals surface area contributed by atoms with Gasteiger partial charge in [-0.3, -0.25) is 4.79 Å². The normalized spacial score (nSPS) is 24.1. The molecule has 0 bridgehead atoms. The fourth-order valence-corrected chi connectivity index (χ4v) is 0.438. The Morgan fingerprint density at radius 1 is 1.75 bits per heavy atom. The minimum atomic E-state index is -1.36. The van der Waals surface area contributed by atoms with Gasteiger partial charge >= 0.3 is 0 Å². The van der Waals surface area contributed by atoms with Crippen LogP contribution in [0.5, 0.6) is 0 Å². The summed E-state index contributed by atoms with van der Waals surface area (Å²) in [6.45, 7) is 0.0880. The number of hydrogen-bond acceptors (Lipinski definition) is 3. The Labute approximate surface area is 46.2 Å². The zero-order valence-electron chi connectivity index (χ0n) is 4.26. The lowest BCUT2D eigenvalue weighted by molar-refractivity contribution is -0.187. The van der Waals surface area contributed by atoms with E-state index in [-0.39, 0.29) is 13.2 Å². The van der Waals surface area contributed by atoms with E-state index in [1.54, 1.807) is 0 Å². The van der Waals surface area contributed by atoms with Crippen molar-refractivity contribution < 1.29 is 14.6 Å². The quantitative estimate of drug-likeness (QED) is 0.427. The first-order valence-electron chi connectivity index (χ1n) is 2.25. The summed E-state index contributed by atoms with van der Waals surface area (Å²) in [5, 5.41) is 8.89. The number of amides is 1. The molecule has 0 unspecified atom stereocenters. The summed E-state index contributed by atoms with van der Waals surface area (Å²) < 4.78 is 4.55. The van der Waals surface area contributed by atoms with Gasteiger partial charge in [0.25, 0.3) is 5.91 Å². The molecule has 0 radical (unpaired) electrons. The number of ether oxygens (including phenoxy) is 1. The summed E-state index contributed by atoms with van der Waals surface area (Å²) in [6, 6.07) is 0. The van der Waals surface area contributed by atoms with E-state index in [4.69, 9.17) is 10.8 Å². The van der Waals surface area contributed by atoms with Crippen molar-refractivity contribution in [3.05, 3.63) is 0 Å². The molecule has 0 atom stereocenters. The van der Waals surface area contributed by atoms with Crippen molar-refractivity contribution in [1.29, 1.82) is 0 Å². The first kappa shape index (κ1) is 5.53. The van der Waals surface area contributed by atoms with E-state index in [1.807, 2.05) is 0 Å². The van der Waals surface area contributed by atoms with Crippen molar-refractivity contribution >= 4 is 5.91 Å². The van der Waals surface area contributed by atoms with Gasteiger partial charge in [0.15, 0.2) is 5.60 Å². The van der Waals surface area contributed by atoms with Crippen molar-refractivity contribution in [1.82, 2.24) is 0 Å². The smallest absolute Gasteiger partial charge is 0.254 e. The maximum absolute atomic E-state index is 10.2. The van der Waals surface area contributed by atoms with Crippen LogP contribution in [0.15, 0.2) is 0 Å². The molecule has 0 aromatic carbocycles. The molecule has 1 saturated heterocycles. The third-order valence-corrected chi connectivity index (χ3v) is 1.14. The number of carbonyl (C=O) groups excluding carboxylic acids is 1. The van der Waals surface area contributed by atoms with Gasteiger partial charge in [-0.2, -0.15) is 0 Å². The Balaban J connectivity index is 2.53. The monoisotopic (exact) mass is 117 g/mol. The first-order chi connectivity index (χ1) is 3.65. The first-order valence-corrected chi connectivity index (χ1v) is 2.25. The lowest BCUT2D eigenvalue weighted by atomic mass is 10.0. The highest BCUT2D eigenvalue weighted by Crippen LogP contribution is 2.14. The number of nitrogens with two attached hydrogens (primary N) is 1. The third kappa shape index (κ3) is 0.579. The van der Waals surface area contributed by atoms with Gasteiger partial charge in [-0.1, -0.05) is 0 Å². The molecule has 8 heavy (non-hydrogen) atoms. The largest absolute Gasteiger partial charge is 0.376 e. The maximum atomic E-state index is 10.2. The standard InChI is InChI=1S/C4H7NO3/c5-3(6)4(7)1-8-2-4/h7H,1-2H2,(H2,5,6). The molecule has 1 aliphatic heterocycles. The van der Waals surface area contributed by atoms with Gasteiger partial charge in [-0.05, 0) is 0 Å². The van der Waals surface area contributed by atoms with Crippen molar-refractivity contribution in [3.63, 3.8) is 0 Å². The topological polar surface area (TPSA) is 72.6 Å². The summed E-state index contributed by atoms with van der Waals surface area (Å²) in [4.78, 5) is 10.2. The minimum absolute atomic E-state index is 0.0440. The number of rotatable bonds is 1. The van der Waals surface area contributed by atoms with Gasteiger partial charge in [-0.15, -0.1) is 0 Å². The lowest BCUT2D eigenvalue weighted by Crippen LogP contribution is -2.58. The molecule has 0 saturated carbocycles. The van der Waals surface area contributed by atoms with E-state index in [0.717, 1.165) is 0 Å². The van der Waals surface area contributed by atoms with E-state index < -0.39 is 11.5 Å². The average Bonchev–Trinajstić information content (AvgIpc) is 1.60. The summed E-state index contributed by atoms with van der Waals surface area (Å²) in [5.74, 6) is -0.705. The Hall–Kier alpha value is -0.610.